The minimum absolute atomic E-state index is 0.0204. The number of likely N-dealkylation sites (tertiary alicyclic amines) is 1. The van der Waals surface area contributed by atoms with E-state index in [1.165, 1.54) is 10.9 Å². The summed E-state index contributed by atoms with van der Waals surface area (Å²) in [7, 11) is 1.60. The van der Waals surface area contributed by atoms with Crippen molar-refractivity contribution in [3.05, 3.63) is 17.5 Å². The van der Waals surface area contributed by atoms with Gasteiger partial charge in [-0.3, -0.25) is 9.48 Å². The Bertz CT molecular complexity index is 495. The molecule has 0 bridgehead atoms. The maximum atomic E-state index is 12.6. The van der Waals surface area contributed by atoms with Crippen molar-refractivity contribution < 1.29 is 14.7 Å². The highest BCUT2D eigenvalue weighted by Crippen LogP contribution is 2.22. The minimum atomic E-state index is -1.11. The molecule has 0 radical (unpaired) electrons. The summed E-state index contributed by atoms with van der Waals surface area (Å²) in [4.78, 5) is 25.5. The molecular weight excluding hydrogens is 246 g/mol. The molecule has 1 aliphatic heterocycles. The van der Waals surface area contributed by atoms with E-state index in [4.69, 9.17) is 5.11 Å². The first-order valence-electron chi connectivity index (χ1n) is 6.62. The maximum absolute atomic E-state index is 12.6. The fraction of sp³-hybridized carbons (Fsp3) is 0.615. The lowest BCUT2D eigenvalue weighted by Gasteiger charge is -2.35. The van der Waals surface area contributed by atoms with Crippen molar-refractivity contribution in [1.29, 1.82) is 0 Å². The number of hydrogen-bond acceptors (Lipinski definition) is 3. The van der Waals surface area contributed by atoms with Gasteiger partial charge < -0.3 is 10.0 Å². The molecule has 19 heavy (non-hydrogen) atoms. The highest BCUT2D eigenvalue weighted by atomic mass is 16.4. The van der Waals surface area contributed by atoms with Gasteiger partial charge in [0.05, 0.1) is 6.20 Å². The SMILES string of the molecule is CC[C@H]1CCCCN1C(=O)c1c(C(=O)O)cnn1C. The number of amides is 1. The maximum Gasteiger partial charge on any atom is 0.339 e. The Morgan fingerprint density at radius 1 is 1.47 bits per heavy atom. The van der Waals surface area contributed by atoms with Crippen LogP contribution < -0.4 is 0 Å². The molecule has 1 atom stereocenters. The van der Waals surface area contributed by atoms with Crippen molar-refractivity contribution >= 4 is 11.9 Å². The summed E-state index contributed by atoms with van der Waals surface area (Å²) in [5, 5.41) is 13.0. The van der Waals surface area contributed by atoms with Gasteiger partial charge in [-0.05, 0) is 25.7 Å². The summed E-state index contributed by atoms with van der Waals surface area (Å²) in [5.41, 5.74) is 0.153. The van der Waals surface area contributed by atoms with Crippen LogP contribution in [0.15, 0.2) is 6.20 Å². The van der Waals surface area contributed by atoms with Gasteiger partial charge in [-0.2, -0.15) is 5.10 Å². The summed E-state index contributed by atoms with van der Waals surface area (Å²) < 4.78 is 1.35. The molecule has 1 N–H and O–H groups in total. The minimum Gasteiger partial charge on any atom is -0.478 e. The van der Waals surface area contributed by atoms with Crippen LogP contribution in [0.1, 0.15) is 53.5 Å². The normalized spacial score (nSPS) is 19.5. The summed E-state index contributed by atoms with van der Waals surface area (Å²) in [6, 6.07) is 0.206. The molecule has 1 aliphatic rings. The number of carbonyl (C=O) groups is 2. The third kappa shape index (κ3) is 2.47. The lowest BCUT2D eigenvalue weighted by molar-refractivity contribution is 0.0580. The average Bonchev–Trinajstić information content (AvgIpc) is 2.80. The number of carboxylic acids is 1. The number of aryl methyl sites for hydroxylation is 1. The Kier molecular flexibility index (Phi) is 3.87. The lowest BCUT2D eigenvalue weighted by atomic mass is 9.99. The van der Waals surface area contributed by atoms with Crippen molar-refractivity contribution in [2.24, 2.45) is 7.05 Å². The Hall–Kier alpha value is -1.85. The Morgan fingerprint density at radius 3 is 2.84 bits per heavy atom. The first kappa shape index (κ1) is 13.6. The van der Waals surface area contributed by atoms with E-state index in [-0.39, 0.29) is 23.2 Å². The molecule has 0 saturated carbocycles. The standard InChI is InChI=1S/C13H19N3O3/c1-3-9-6-4-5-7-16(9)12(17)11-10(13(18)19)8-14-15(11)2/h8-9H,3-7H2,1-2H3,(H,18,19)/t9-/m0/s1. The molecule has 104 valence electrons. The van der Waals surface area contributed by atoms with Gasteiger partial charge >= 0.3 is 5.97 Å². The third-order valence-corrected chi connectivity index (χ3v) is 3.73. The van der Waals surface area contributed by atoms with Gasteiger partial charge in [-0.25, -0.2) is 4.79 Å². The van der Waals surface area contributed by atoms with Gasteiger partial charge in [0, 0.05) is 19.6 Å². The van der Waals surface area contributed by atoms with Crippen molar-refractivity contribution in [2.75, 3.05) is 6.54 Å². The molecule has 0 aromatic carbocycles. The Morgan fingerprint density at radius 2 is 2.21 bits per heavy atom. The van der Waals surface area contributed by atoms with E-state index in [0.29, 0.717) is 6.54 Å². The van der Waals surface area contributed by atoms with Crippen LogP contribution in [-0.4, -0.2) is 44.3 Å². The molecule has 1 saturated heterocycles. The van der Waals surface area contributed by atoms with Crippen molar-refractivity contribution in [3.63, 3.8) is 0 Å². The lowest BCUT2D eigenvalue weighted by Crippen LogP contribution is -2.44. The summed E-state index contributed by atoms with van der Waals surface area (Å²) in [5.74, 6) is -1.33. The number of rotatable bonds is 3. The van der Waals surface area contributed by atoms with Gasteiger partial charge in [0.2, 0.25) is 0 Å². The molecular formula is C13H19N3O3. The number of hydrogen-bond donors (Lipinski definition) is 1. The smallest absolute Gasteiger partial charge is 0.339 e. The van der Waals surface area contributed by atoms with Gasteiger partial charge in [0.25, 0.3) is 5.91 Å². The van der Waals surface area contributed by atoms with Crippen molar-refractivity contribution in [1.82, 2.24) is 14.7 Å². The third-order valence-electron chi connectivity index (χ3n) is 3.73. The van der Waals surface area contributed by atoms with Crippen LogP contribution in [0.3, 0.4) is 0 Å². The molecule has 0 unspecified atom stereocenters. The molecule has 1 aromatic heterocycles. The molecule has 6 nitrogen and oxygen atoms in total. The number of piperidine rings is 1. The zero-order chi connectivity index (χ0) is 14.0. The fourth-order valence-electron chi connectivity index (χ4n) is 2.68. The summed E-state index contributed by atoms with van der Waals surface area (Å²) in [6.07, 6.45) is 5.22. The van der Waals surface area contributed by atoms with E-state index in [9.17, 15) is 9.59 Å². The van der Waals surface area contributed by atoms with Crippen LogP contribution in [0.5, 0.6) is 0 Å². The molecule has 0 aliphatic carbocycles. The fourth-order valence-corrected chi connectivity index (χ4v) is 2.68. The van der Waals surface area contributed by atoms with E-state index in [0.717, 1.165) is 25.7 Å². The molecule has 1 aromatic rings. The summed E-state index contributed by atoms with van der Waals surface area (Å²) >= 11 is 0. The van der Waals surface area contributed by atoms with E-state index in [2.05, 4.69) is 12.0 Å². The van der Waals surface area contributed by atoms with Crippen LogP contribution >= 0.6 is 0 Å². The van der Waals surface area contributed by atoms with E-state index in [1.807, 2.05) is 0 Å². The van der Waals surface area contributed by atoms with Crippen LogP contribution in [0.25, 0.3) is 0 Å². The Balaban J connectivity index is 2.33. The Labute approximate surface area is 112 Å². The van der Waals surface area contributed by atoms with Gasteiger partial charge in [0.1, 0.15) is 11.3 Å². The van der Waals surface area contributed by atoms with Crippen LogP contribution in [0, 0.1) is 0 Å². The van der Waals surface area contributed by atoms with Gasteiger partial charge in [-0.1, -0.05) is 6.92 Å². The highest BCUT2D eigenvalue weighted by Gasteiger charge is 2.31. The first-order chi connectivity index (χ1) is 9.06. The first-order valence-corrected chi connectivity index (χ1v) is 6.62. The number of aromatic carboxylic acids is 1. The van der Waals surface area contributed by atoms with Crippen LogP contribution in [0.2, 0.25) is 0 Å². The number of nitrogens with zero attached hydrogens (tertiary/aromatic N) is 3. The predicted octanol–water partition coefficient (Wildman–Crippen LogP) is 1.52. The number of carbonyl (C=O) groups excluding carboxylic acids is 1. The molecule has 2 heterocycles. The van der Waals surface area contributed by atoms with E-state index >= 15 is 0 Å². The van der Waals surface area contributed by atoms with Crippen molar-refractivity contribution in [2.45, 2.75) is 38.6 Å². The van der Waals surface area contributed by atoms with Gasteiger partial charge in [0.15, 0.2) is 0 Å². The van der Waals surface area contributed by atoms with Gasteiger partial charge in [-0.15, -0.1) is 0 Å². The van der Waals surface area contributed by atoms with Crippen LogP contribution in [0.4, 0.5) is 0 Å². The second kappa shape index (κ2) is 5.42. The molecule has 0 spiro atoms. The predicted molar refractivity (Wildman–Crippen MR) is 69.1 cm³/mol. The molecule has 6 heteroatoms. The second-order valence-corrected chi connectivity index (χ2v) is 4.89. The number of carboxylic acid groups (broad SMARTS) is 1. The topological polar surface area (TPSA) is 75.4 Å². The van der Waals surface area contributed by atoms with Crippen LogP contribution in [-0.2, 0) is 7.05 Å². The molecule has 1 fully saturated rings. The summed E-state index contributed by atoms with van der Waals surface area (Å²) in [6.45, 7) is 2.75. The average molecular weight is 265 g/mol. The molecule has 2 rings (SSSR count). The number of aromatic nitrogens is 2. The second-order valence-electron chi connectivity index (χ2n) is 4.89. The molecule has 1 amide bonds. The van der Waals surface area contributed by atoms with Crippen molar-refractivity contribution in [3.8, 4) is 0 Å². The zero-order valence-corrected chi connectivity index (χ0v) is 11.3. The highest BCUT2D eigenvalue weighted by molar-refractivity contribution is 6.03. The quantitative estimate of drug-likeness (QED) is 0.899. The van der Waals surface area contributed by atoms with E-state index < -0.39 is 5.97 Å². The van der Waals surface area contributed by atoms with E-state index in [1.54, 1.807) is 11.9 Å². The monoisotopic (exact) mass is 265 g/mol. The largest absolute Gasteiger partial charge is 0.478 e. The zero-order valence-electron chi connectivity index (χ0n) is 11.3.